The van der Waals surface area contributed by atoms with E-state index in [-0.39, 0.29) is 27.3 Å². The molecule has 1 aliphatic heterocycles. The minimum atomic E-state index is -4.46. The highest BCUT2D eigenvalue weighted by Crippen LogP contribution is 2.67. The fourth-order valence-electron chi connectivity index (χ4n) is 8.50. The summed E-state index contributed by atoms with van der Waals surface area (Å²) in [6, 6.07) is 0. The van der Waals surface area contributed by atoms with E-state index < -0.39 is 50.9 Å². The number of rotatable bonds is 8. The van der Waals surface area contributed by atoms with Gasteiger partial charge in [0.2, 0.25) is 5.28 Å². The predicted octanol–water partition coefficient (Wildman–Crippen LogP) is 2.55. The SMILES string of the molecule is C[C@]12C[C@@H]3C[C@](C)(C1)C[C@@](Nc1nc(Cl)nc4c1ncn4[C@@H]1O[C@H](COP(=O)(O)CC(=O)O)C(O)[C@@H]1O)(C3)C2. The number of hydrogen-bond acceptors (Lipinski definition) is 10. The normalized spacial score (nSPS) is 40.7. The maximum atomic E-state index is 11.9. The zero-order valence-corrected chi connectivity index (χ0v) is 23.3. The van der Waals surface area contributed by atoms with Gasteiger partial charge >= 0.3 is 13.6 Å². The Bertz CT molecular complexity index is 1360. The van der Waals surface area contributed by atoms with Gasteiger partial charge in [0.25, 0.3) is 0 Å². The van der Waals surface area contributed by atoms with Gasteiger partial charge in [-0.1, -0.05) is 13.8 Å². The summed E-state index contributed by atoms with van der Waals surface area (Å²) in [4.78, 5) is 33.8. The number of ether oxygens (including phenoxy) is 1. The summed E-state index contributed by atoms with van der Waals surface area (Å²) in [6.07, 6.45) is 1.83. The standard InChI is InChI=1S/C24H33ClN5O8P/c1-22-3-12-4-23(2,8-22)10-24(5-12,9-22)29-18-15-19(28-21(25)27-18)30(11-26-15)20-17(34)16(33)13(38-20)6-37-39(35,36)7-14(31)32/h11-13,16-17,20,33-34H,3-10H2,1-2H3,(H,31,32)(H,35,36)(H,27,28,29)/t12-,13-,16?,17+,20-,22+,23-,24-/m1/s1. The minimum absolute atomic E-state index is 0.0169. The third-order valence-electron chi connectivity index (χ3n) is 8.79. The van der Waals surface area contributed by atoms with Crippen molar-refractivity contribution in [1.29, 1.82) is 0 Å². The number of fused-ring (bicyclic) bond motifs is 1. The Balaban J connectivity index is 1.26. The average Bonchev–Trinajstić information content (AvgIpc) is 3.30. The van der Waals surface area contributed by atoms with Gasteiger partial charge in [-0.3, -0.25) is 13.9 Å². The fourth-order valence-corrected chi connectivity index (χ4v) is 9.48. The third-order valence-corrected chi connectivity index (χ3v) is 10.2. The van der Waals surface area contributed by atoms with E-state index in [9.17, 15) is 24.5 Å². The van der Waals surface area contributed by atoms with E-state index in [0.29, 0.717) is 17.3 Å². The van der Waals surface area contributed by atoms with Gasteiger partial charge in [-0.25, -0.2) is 4.98 Å². The Hall–Kier alpha value is -1.86. The van der Waals surface area contributed by atoms with Crippen LogP contribution in [0.4, 0.5) is 5.82 Å². The number of anilines is 1. The molecule has 0 amide bonds. The van der Waals surface area contributed by atoms with Crippen LogP contribution < -0.4 is 5.32 Å². The zero-order chi connectivity index (χ0) is 28.0. The second kappa shape index (κ2) is 9.07. The van der Waals surface area contributed by atoms with Gasteiger partial charge in [0.1, 0.15) is 24.5 Å². The minimum Gasteiger partial charge on any atom is -0.481 e. The van der Waals surface area contributed by atoms with Crippen LogP contribution in [0.1, 0.15) is 58.6 Å². The van der Waals surface area contributed by atoms with Crippen LogP contribution in [-0.4, -0.2) is 82.3 Å². The van der Waals surface area contributed by atoms with Crippen LogP contribution in [0.15, 0.2) is 6.33 Å². The quantitative estimate of drug-likeness (QED) is 0.225. The zero-order valence-electron chi connectivity index (χ0n) is 21.7. The molecule has 7 rings (SSSR count). The average molecular weight is 586 g/mol. The molecule has 5 aliphatic rings. The molecule has 4 bridgehead atoms. The van der Waals surface area contributed by atoms with E-state index in [2.05, 4.69) is 34.1 Å². The molecule has 2 aromatic heterocycles. The lowest BCUT2D eigenvalue weighted by Gasteiger charge is -2.65. The van der Waals surface area contributed by atoms with Crippen molar-refractivity contribution in [3.05, 3.63) is 11.6 Å². The molecule has 214 valence electrons. The van der Waals surface area contributed by atoms with Crippen molar-refractivity contribution in [1.82, 2.24) is 19.5 Å². The summed E-state index contributed by atoms with van der Waals surface area (Å²) in [6.45, 7) is 4.16. The maximum Gasteiger partial charge on any atom is 0.339 e. The highest BCUT2D eigenvalue weighted by Gasteiger charge is 2.60. The first-order chi connectivity index (χ1) is 18.2. The summed E-state index contributed by atoms with van der Waals surface area (Å²) < 4.78 is 24.0. The molecule has 4 saturated carbocycles. The number of halogens is 1. The van der Waals surface area contributed by atoms with Gasteiger partial charge < -0.3 is 34.8 Å². The molecule has 3 heterocycles. The number of nitrogens with zero attached hydrogens (tertiary/aromatic N) is 4. The highest BCUT2D eigenvalue weighted by atomic mass is 35.5. The van der Waals surface area contributed by atoms with Gasteiger partial charge in [-0.15, -0.1) is 0 Å². The van der Waals surface area contributed by atoms with E-state index in [1.165, 1.54) is 30.2 Å². The van der Waals surface area contributed by atoms with Crippen LogP contribution in [0, 0.1) is 16.7 Å². The van der Waals surface area contributed by atoms with Gasteiger partial charge in [-0.05, 0) is 66.9 Å². The van der Waals surface area contributed by atoms with Gasteiger partial charge in [0.15, 0.2) is 23.2 Å². The molecule has 2 aromatic rings. The van der Waals surface area contributed by atoms with Crippen molar-refractivity contribution >= 4 is 42.1 Å². The highest BCUT2D eigenvalue weighted by molar-refractivity contribution is 7.53. The lowest BCUT2D eigenvalue weighted by atomic mass is 9.43. The van der Waals surface area contributed by atoms with E-state index in [4.69, 9.17) is 26.0 Å². The number of nitrogens with one attached hydrogen (secondary N) is 1. The molecular formula is C24H33ClN5O8P. The number of carboxylic acid groups (broad SMARTS) is 1. The molecule has 0 radical (unpaired) electrons. The Morgan fingerprint density at radius 1 is 1.21 bits per heavy atom. The summed E-state index contributed by atoms with van der Waals surface area (Å²) in [5, 5.41) is 33.7. The molecule has 15 heteroatoms. The van der Waals surface area contributed by atoms with Crippen molar-refractivity contribution in [2.24, 2.45) is 16.7 Å². The Morgan fingerprint density at radius 3 is 2.54 bits per heavy atom. The lowest BCUT2D eigenvalue weighted by molar-refractivity contribution is -0.134. The van der Waals surface area contributed by atoms with E-state index in [0.717, 1.165) is 19.3 Å². The number of aliphatic hydroxyl groups is 2. The van der Waals surface area contributed by atoms with Crippen LogP contribution in [0.5, 0.6) is 0 Å². The monoisotopic (exact) mass is 585 g/mol. The molecule has 1 saturated heterocycles. The molecule has 4 aliphatic carbocycles. The fraction of sp³-hybridized carbons (Fsp3) is 0.750. The van der Waals surface area contributed by atoms with Gasteiger partial charge in [-0.2, -0.15) is 9.97 Å². The second-order valence-electron chi connectivity index (χ2n) is 12.7. The van der Waals surface area contributed by atoms with Crippen molar-refractivity contribution < 1.29 is 38.8 Å². The molecule has 5 fully saturated rings. The maximum absolute atomic E-state index is 11.9. The van der Waals surface area contributed by atoms with Gasteiger partial charge in [0, 0.05) is 5.54 Å². The smallest absolute Gasteiger partial charge is 0.339 e. The molecule has 0 aromatic carbocycles. The lowest BCUT2D eigenvalue weighted by Crippen LogP contribution is -2.61. The van der Waals surface area contributed by atoms with Crippen molar-refractivity contribution in [3.63, 3.8) is 0 Å². The van der Waals surface area contributed by atoms with Crippen LogP contribution in [0.3, 0.4) is 0 Å². The molecular weight excluding hydrogens is 553 g/mol. The molecule has 2 unspecified atom stereocenters. The number of hydrogen-bond donors (Lipinski definition) is 5. The topological polar surface area (TPSA) is 189 Å². The summed E-state index contributed by atoms with van der Waals surface area (Å²) in [5.74, 6) is -0.350. The number of imidazole rings is 1. The largest absolute Gasteiger partial charge is 0.481 e. The first-order valence-corrected chi connectivity index (χ1v) is 15.2. The Labute approximate surface area is 229 Å². The number of aliphatic hydroxyl groups excluding tert-OH is 2. The number of carboxylic acids is 1. The number of carbonyl (C=O) groups is 1. The first kappa shape index (κ1) is 27.3. The molecule has 39 heavy (non-hydrogen) atoms. The van der Waals surface area contributed by atoms with Crippen LogP contribution >= 0.6 is 19.2 Å². The van der Waals surface area contributed by atoms with Crippen molar-refractivity contribution in [3.8, 4) is 0 Å². The van der Waals surface area contributed by atoms with Crippen LogP contribution in [-0.2, 0) is 18.6 Å². The van der Waals surface area contributed by atoms with Crippen LogP contribution in [0.25, 0.3) is 11.2 Å². The molecule has 5 N–H and O–H groups in total. The third kappa shape index (κ3) is 4.96. The Morgan fingerprint density at radius 2 is 1.90 bits per heavy atom. The predicted molar refractivity (Wildman–Crippen MR) is 138 cm³/mol. The van der Waals surface area contributed by atoms with E-state index in [1.807, 2.05) is 0 Å². The molecule has 13 nitrogen and oxygen atoms in total. The van der Waals surface area contributed by atoms with E-state index >= 15 is 0 Å². The Kier molecular flexibility index (Phi) is 6.35. The van der Waals surface area contributed by atoms with Crippen molar-refractivity contribution in [2.45, 2.75) is 82.5 Å². The van der Waals surface area contributed by atoms with E-state index in [1.54, 1.807) is 0 Å². The summed E-state index contributed by atoms with van der Waals surface area (Å²) in [7, 11) is -4.46. The molecule has 9 atom stereocenters. The summed E-state index contributed by atoms with van der Waals surface area (Å²) >= 11 is 6.35. The first-order valence-electron chi connectivity index (χ1n) is 13.1. The molecule has 0 spiro atoms. The number of aromatic nitrogens is 4. The van der Waals surface area contributed by atoms with Crippen molar-refractivity contribution in [2.75, 3.05) is 18.1 Å². The number of aliphatic carboxylic acids is 1. The van der Waals surface area contributed by atoms with Gasteiger partial charge in [0.05, 0.1) is 12.9 Å². The van der Waals surface area contributed by atoms with Crippen LogP contribution in [0.2, 0.25) is 5.28 Å². The summed E-state index contributed by atoms with van der Waals surface area (Å²) in [5.41, 5.74) is 1.14. The second-order valence-corrected chi connectivity index (χ2v) is 14.9.